The van der Waals surface area contributed by atoms with E-state index in [1.54, 1.807) is 19.4 Å². The van der Waals surface area contributed by atoms with Crippen molar-refractivity contribution in [1.82, 2.24) is 4.98 Å². The van der Waals surface area contributed by atoms with Gasteiger partial charge in [-0.15, -0.1) is 0 Å². The molecule has 0 fully saturated rings. The summed E-state index contributed by atoms with van der Waals surface area (Å²) in [6.07, 6.45) is 2.07. The highest BCUT2D eigenvalue weighted by molar-refractivity contribution is 5.58. The van der Waals surface area contributed by atoms with Crippen molar-refractivity contribution in [3.63, 3.8) is 0 Å². The van der Waals surface area contributed by atoms with Gasteiger partial charge in [-0.05, 0) is 29.3 Å². The molecular weight excluding hydrogens is 252 g/mol. The lowest BCUT2D eigenvalue weighted by Crippen LogP contribution is -2.02. The Morgan fingerprint density at radius 2 is 2.20 bits per heavy atom. The fourth-order valence-electron chi connectivity index (χ4n) is 1.79. The Bertz CT molecular complexity index is 617. The van der Waals surface area contributed by atoms with Gasteiger partial charge < -0.3 is 15.8 Å². The maximum atomic E-state index is 8.75. The molecule has 1 heterocycles. The largest absolute Gasteiger partial charge is 0.481 e. The van der Waals surface area contributed by atoms with Crippen molar-refractivity contribution in [1.29, 1.82) is 5.26 Å². The van der Waals surface area contributed by atoms with E-state index in [4.69, 9.17) is 15.7 Å². The van der Waals surface area contributed by atoms with E-state index in [2.05, 4.69) is 16.4 Å². The summed E-state index contributed by atoms with van der Waals surface area (Å²) in [7, 11) is 1.59. The Kier molecular flexibility index (Phi) is 4.40. The van der Waals surface area contributed by atoms with Gasteiger partial charge >= 0.3 is 0 Å². The molecule has 0 unspecified atom stereocenters. The number of pyridine rings is 1. The van der Waals surface area contributed by atoms with Crippen LogP contribution in [0, 0.1) is 11.3 Å². The smallest absolute Gasteiger partial charge is 0.212 e. The molecule has 2 aromatic rings. The molecule has 0 atom stereocenters. The molecule has 1 aromatic heterocycles. The van der Waals surface area contributed by atoms with E-state index in [1.165, 1.54) is 0 Å². The van der Waals surface area contributed by atoms with Crippen molar-refractivity contribution in [2.24, 2.45) is 0 Å². The number of nitrogens with zero attached hydrogens (tertiary/aromatic N) is 2. The second-order valence-electron chi connectivity index (χ2n) is 4.31. The number of nitriles is 1. The van der Waals surface area contributed by atoms with Crippen molar-refractivity contribution < 1.29 is 4.74 Å². The summed E-state index contributed by atoms with van der Waals surface area (Å²) in [4.78, 5) is 4.15. The number of methoxy groups -OCH3 is 1. The molecule has 1 aromatic carbocycles. The van der Waals surface area contributed by atoms with Crippen LogP contribution in [0.2, 0.25) is 0 Å². The Labute approximate surface area is 118 Å². The van der Waals surface area contributed by atoms with Crippen molar-refractivity contribution in [3.05, 3.63) is 47.7 Å². The summed E-state index contributed by atoms with van der Waals surface area (Å²) in [5.41, 5.74) is 9.27. The van der Waals surface area contributed by atoms with Crippen LogP contribution in [0.1, 0.15) is 11.1 Å². The van der Waals surface area contributed by atoms with Crippen LogP contribution in [0.15, 0.2) is 36.5 Å². The fourth-order valence-corrected chi connectivity index (χ4v) is 1.79. The third kappa shape index (κ3) is 3.39. The van der Waals surface area contributed by atoms with Crippen LogP contribution in [0.3, 0.4) is 0 Å². The van der Waals surface area contributed by atoms with Crippen LogP contribution < -0.4 is 15.8 Å². The molecule has 0 saturated heterocycles. The summed E-state index contributed by atoms with van der Waals surface area (Å²) in [5.74, 6) is 0.595. The van der Waals surface area contributed by atoms with E-state index in [9.17, 15) is 0 Å². The first-order valence-corrected chi connectivity index (χ1v) is 6.21. The zero-order valence-corrected chi connectivity index (χ0v) is 11.3. The predicted octanol–water partition coefficient (Wildman–Crippen LogP) is 2.35. The van der Waals surface area contributed by atoms with E-state index in [1.807, 2.05) is 24.3 Å². The third-order valence-electron chi connectivity index (χ3n) is 2.92. The third-order valence-corrected chi connectivity index (χ3v) is 2.92. The van der Waals surface area contributed by atoms with E-state index in [0.717, 1.165) is 16.8 Å². The normalized spacial score (nSPS) is 9.80. The molecule has 0 aliphatic heterocycles. The standard InChI is InChI=1S/C15H16N4O/c1-20-15-5-2-11(10-19-15)9-18-13-3-4-14(17)12(8-13)6-7-16/h2-5,8,10,18H,6,9,17H2,1H3. The van der Waals surface area contributed by atoms with Crippen molar-refractivity contribution in [2.45, 2.75) is 13.0 Å². The topological polar surface area (TPSA) is 84.0 Å². The second-order valence-corrected chi connectivity index (χ2v) is 4.31. The van der Waals surface area contributed by atoms with Gasteiger partial charge in [-0.1, -0.05) is 6.07 Å². The lowest BCUT2D eigenvalue weighted by Gasteiger charge is -2.09. The van der Waals surface area contributed by atoms with Crippen LogP contribution in [0.25, 0.3) is 0 Å². The molecule has 0 aliphatic carbocycles. The Morgan fingerprint density at radius 1 is 1.35 bits per heavy atom. The van der Waals surface area contributed by atoms with E-state index >= 15 is 0 Å². The van der Waals surface area contributed by atoms with Gasteiger partial charge in [0.2, 0.25) is 5.88 Å². The molecule has 5 heteroatoms. The summed E-state index contributed by atoms with van der Waals surface area (Å²) in [6.45, 7) is 0.646. The van der Waals surface area contributed by atoms with Gasteiger partial charge in [-0.25, -0.2) is 4.98 Å². The zero-order valence-electron chi connectivity index (χ0n) is 11.3. The predicted molar refractivity (Wildman–Crippen MR) is 78.3 cm³/mol. The minimum absolute atomic E-state index is 0.311. The number of nitrogens with two attached hydrogens (primary N) is 1. The van der Waals surface area contributed by atoms with Gasteiger partial charge in [0.05, 0.1) is 19.6 Å². The number of nitrogen functional groups attached to an aromatic ring is 1. The molecule has 0 spiro atoms. The SMILES string of the molecule is COc1ccc(CNc2ccc(N)c(CC#N)c2)cn1. The number of hydrogen-bond donors (Lipinski definition) is 2. The Balaban J connectivity index is 2.03. The number of nitrogens with one attached hydrogen (secondary N) is 1. The summed E-state index contributed by atoms with van der Waals surface area (Å²) < 4.78 is 5.01. The van der Waals surface area contributed by atoms with Gasteiger partial charge in [0.1, 0.15) is 0 Å². The summed E-state index contributed by atoms with van der Waals surface area (Å²) in [5, 5.41) is 12.0. The van der Waals surface area contributed by atoms with Gasteiger partial charge in [-0.3, -0.25) is 0 Å². The molecule has 0 bridgehead atoms. The number of rotatable bonds is 5. The number of ether oxygens (including phenoxy) is 1. The van der Waals surface area contributed by atoms with E-state index < -0.39 is 0 Å². The number of aromatic nitrogens is 1. The highest BCUT2D eigenvalue weighted by Gasteiger charge is 2.01. The fraction of sp³-hybridized carbons (Fsp3) is 0.200. The molecular formula is C15H16N4O. The quantitative estimate of drug-likeness (QED) is 0.813. The van der Waals surface area contributed by atoms with Crippen molar-refractivity contribution in [3.8, 4) is 11.9 Å². The lowest BCUT2D eigenvalue weighted by atomic mass is 10.1. The molecule has 102 valence electrons. The van der Waals surface area contributed by atoms with Crippen molar-refractivity contribution >= 4 is 11.4 Å². The van der Waals surface area contributed by atoms with Crippen LogP contribution in [0.5, 0.6) is 5.88 Å². The monoisotopic (exact) mass is 268 g/mol. The first kappa shape index (κ1) is 13.7. The number of anilines is 2. The minimum atomic E-state index is 0.311. The molecule has 0 saturated carbocycles. The second kappa shape index (κ2) is 6.43. The Morgan fingerprint density at radius 3 is 2.85 bits per heavy atom. The number of benzene rings is 1. The molecule has 20 heavy (non-hydrogen) atoms. The summed E-state index contributed by atoms with van der Waals surface area (Å²) in [6, 6.07) is 11.5. The van der Waals surface area contributed by atoms with Crippen LogP contribution in [-0.4, -0.2) is 12.1 Å². The average molecular weight is 268 g/mol. The highest BCUT2D eigenvalue weighted by atomic mass is 16.5. The average Bonchev–Trinajstić information content (AvgIpc) is 2.49. The van der Waals surface area contributed by atoms with Crippen molar-refractivity contribution in [2.75, 3.05) is 18.2 Å². The molecule has 0 aliphatic rings. The molecule has 5 nitrogen and oxygen atoms in total. The molecule has 2 rings (SSSR count). The van der Waals surface area contributed by atoms with Crippen LogP contribution >= 0.6 is 0 Å². The van der Waals surface area contributed by atoms with Gasteiger partial charge in [0.25, 0.3) is 0 Å². The lowest BCUT2D eigenvalue weighted by molar-refractivity contribution is 0.397. The van der Waals surface area contributed by atoms with Crippen LogP contribution in [-0.2, 0) is 13.0 Å². The first-order chi connectivity index (χ1) is 9.72. The first-order valence-electron chi connectivity index (χ1n) is 6.21. The minimum Gasteiger partial charge on any atom is -0.481 e. The van der Waals surface area contributed by atoms with E-state index in [0.29, 0.717) is 24.5 Å². The molecule has 0 radical (unpaired) electrons. The molecule has 3 N–H and O–H groups in total. The molecule has 0 amide bonds. The summed E-state index contributed by atoms with van der Waals surface area (Å²) >= 11 is 0. The Hall–Kier alpha value is -2.74. The maximum Gasteiger partial charge on any atom is 0.212 e. The van der Waals surface area contributed by atoms with E-state index in [-0.39, 0.29) is 0 Å². The maximum absolute atomic E-state index is 8.75. The van der Waals surface area contributed by atoms with Gasteiger partial charge in [-0.2, -0.15) is 5.26 Å². The zero-order chi connectivity index (χ0) is 14.4. The highest BCUT2D eigenvalue weighted by Crippen LogP contribution is 2.19. The van der Waals surface area contributed by atoms with Gasteiger partial charge in [0.15, 0.2) is 0 Å². The number of hydrogen-bond acceptors (Lipinski definition) is 5. The van der Waals surface area contributed by atoms with Gasteiger partial charge in [0, 0.05) is 30.2 Å². The van der Waals surface area contributed by atoms with Crippen LogP contribution in [0.4, 0.5) is 11.4 Å².